The topological polar surface area (TPSA) is 59.4 Å². The Morgan fingerprint density at radius 1 is 1.45 bits per heavy atom. The van der Waals surface area contributed by atoms with Crippen molar-refractivity contribution >= 4 is 11.7 Å². The summed E-state index contributed by atoms with van der Waals surface area (Å²) in [7, 11) is 0. The number of fused-ring (bicyclic) bond motifs is 1. The summed E-state index contributed by atoms with van der Waals surface area (Å²) in [4.78, 5) is 14.5. The van der Waals surface area contributed by atoms with Crippen LogP contribution in [0.3, 0.4) is 0 Å². The number of aromatic nitrogens is 2. The molecule has 4 rings (SSSR count). The number of nitrogens with one attached hydrogen (secondary N) is 1. The lowest BCUT2D eigenvalue weighted by Gasteiger charge is -2.45. The van der Waals surface area contributed by atoms with Gasteiger partial charge in [-0.15, -0.1) is 0 Å². The zero-order valence-electron chi connectivity index (χ0n) is 13.3. The van der Waals surface area contributed by atoms with Gasteiger partial charge in [0.25, 0.3) is 5.91 Å². The first-order chi connectivity index (χ1) is 10.6. The number of amides is 1. The van der Waals surface area contributed by atoms with Crippen LogP contribution in [0, 0.1) is 5.92 Å². The van der Waals surface area contributed by atoms with E-state index in [2.05, 4.69) is 24.1 Å². The van der Waals surface area contributed by atoms with Gasteiger partial charge in [-0.05, 0) is 32.6 Å². The van der Waals surface area contributed by atoms with Crippen molar-refractivity contribution in [2.75, 3.05) is 31.2 Å². The average Bonchev–Trinajstić information content (AvgIpc) is 2.88. The first-order valence-corrected chi connectivity index (χ1v) is 8.33. The molecule has 1 aliphatic carbocycles. The van der Waals surface area contributed by atoms with Crippen LogP contribution in [0.2, 0.25) is 0 Å². The maximum absolute atomic E-state index is 12.3. The predicted octanol–water partition coefficient (Wildman–Crippen LogP) is 1.37. The summed E-state index contributed by atoms with van der Waals surface area (Å²) >= 11 is 0. The largest absolute Gasteiger partial charge is 0.377 e. The molecule has 1 saturated carbocycles. The molecule has 0 bridgehead atoms. The van der Waals surface area contributed by atoms with E-state index in [1.54, 1.807) is 0 Å². The number of nitrogens with zero attached hydrogens (tertiary/aromatic N) is 3. The van der Waals surface area contributed by atoms with Gasteiger partial charge in [0, 0.05) is 19.2 Å². The van der Waals surface area contributed by atoms with Crippen molar-refractivity contribution in [2.24, 2.45) is 5.92 Å². The summed E-state index contributed by atoms with van der Waals surface area (Å²) in [5.41, 5.74) is 0.615. The monoisotopic (exact) mass is 304 g/mol. The average molecular weight is 304 g/mol. The van der Waals surface area contributed by atoms with Gasteiger partial charge < -0.3 is 15.0 Å². The summed E-state index contributed by atoms with van der Waals surface area (Å²) in [6, 6.07) is 2.25. The molecule has 1 N–H and O–H groups in total. The summed E-state index contributed by atoms with van der Waals surface area (Å²) in [5.74, 6) is 1.52. The fourth-order valence-corrected chi connectivity index (χ4v) is 3.90. The first kappa shape index (κ1) is 14.1. The Morgan fingerprint density at radius 3 is 2.95 bits per heavy atom. The Bertz CT molecular complexity index is 595. The molecule has 6 nitrogen and oxygen atoms in total. The Kier molecular flexibility index (Phi) is 3.18. The van der Waals surface area contributed by atoms with Gasteiger partial charge in [-0.25, -0.2) is 4.68 Å². The van der Waals surface area contributed by atoms with Crippen LogP contribution in [0.25, 0.3) is 0 Å². The minimum atomic E-state index is -0.0880. The van der Waals surface area contributed by atoms with Crippen molar-refractivity contribution in [3.05, 3.63) is 11.8 Å². The minimum absolute atomic E-state index is 0.00328. The van der Waals surface area contributed by atoms with Crippen LogP contribution < -0.4 is 10.2 Å². The van der Waals surface area contributed by atoms with E-state index in [1.165, 1.54) is 19.3 Å². The summed E-state index contributed by atoms with van der Waals surface area (Å²) in [6.07, 6.45) is 3.75. The molecule has 3 heterocycles. The quantitative estimate of drug-likeness (QED) is 0.896. The fourth-order valence-electron chi connectivity index (χ4n) is 3.90. The van der Waals surface area contributed by atoms with E-state index >= 15 is 0 Å². The summed E-state index contributed by atoms with van der Waals surface area (Å²) < 4.78 is 7.51. The second-order valence-electron chi connectivity index (χ2n) is 7.08. The Labute approximate surface area is 130 Å². The highest BCUT2D eigenvalue weighted by molar-refractivity contribution is 5.94. The van der Waals surface area contributed by atoms with Crippen molar-refractivity contribution in [1.82, 2.24) is 15.1 Å². The van der Waals surface area contributed by atoms with Gasteiger partial charge in [0.2, 0.25) is 0 Å². The SMILES string of the molecule is C[C@@H]1COCCN1c1cc2n(n1)[C@@](C)(C1CCC1)CNC2=O. The van der Waals surface area contributed by atoms with E-state index in [4.69, 9.17) is 9.84 Å². The zero-order chi connectivity index (χ0) is 15.3. The van der Waals surface area contributed by atoms with E-state index in [1.807, 2.05) is 10.7 Å². The summed E-state index contributed by atoms with van der Waals surface area (Å²) in [5, 5.41) is 7.92. The van der Waals surface area contributed by atoms with Crippen LogP contribution in [-0.2, 0) is 10.3 Å². The minimum Gasteiger partial charge on any atom is -0.377 e. The molecular formula is C16H24N4O2. The molecule has 6 heteroatoms. The Hall–Kier alpha value is -1.56. The van der Waals surface area contributed by atoms with E-state index in [0.29, 0.717) is 30.8 Å². The maximum Gasteiger partial charge on any atom is 0.269 e. The third-order valence-corrected chi connectivity index (χ3v) is 5.67. The van der Waals surface area contributed by atoms with Crippen molar-refractivity contribution in [1.29, 1.82) is 0 Å². The molecule has 3 aliphatic rings. The summed E-state index contributed by atoms with van der Waals surface area (Å²) in [6.45, 7) is 7.33. The molecule has 2 atom stereocenters. The molecule has 1 aromatic rings. The highest BCUT2D eigenvalue weighted by atomic mass is 16.5. The lowest BCUT2D eigenvalue weighted by molar-refractivity contribution is 0.0622. The molecule has 120 valence electrons. The number of hydrogen-bond donors (Lipinski definition) is 1. The zero-order valence-corrected chi connectivity index (χ0v) is 13.3. The van der Waals surface area contributed by atoms with Crippen LogP contribution in [0.4, 0.5) is 5.82 Å². The Balaban J connectivity index is 1.72. The third kappa shape index (κ3) is 1.96. The Morgan fingerprint density at radius 2 is 2.27 bits per heavy atom. The normalized spacial score (nSPS) is 32.4. The van der Waals surface area contributed by atoms with Crippen LogP contribution in [-0.4, -0.2) is 48.0 Å². The number of anilines is 1. The van der Waals surface area contributed by atoms with E-state index in [9.17, 15) is 4.79 Å². The second-order valence-corrected chi connectivity index (χ2v) is 7.08. The van der Waals surface area contributed by atoms with Gasteiger partial charge in [0.1, 0.15) is 5.69 Å². The molecule has 2 aliphatic heterocycles. The molecule has 1 aromatic heterocycles. The smallest absolute Gasteiger partial charge is 0.269 e. The van der Waals surface area contributed by atoms with Crippen LogP contribution in [0.5, 0.6) is 0 Å². The predicted molar refractivity (Wildman–Crippen MR) is 83.2 cm³/mol. The molecule has 0 aromatic carbocycles. The van der Waals surface area contributed by atoms with Crippen molar-refractivity contribution in [3.63, 3.8) is 0 Å². The molecule has 1 saturated heterocycles. The molecular weight excluding hydrogens is 280 g/mol. The lowest BCUT2D eigenvalue weighted by atomic mass is 9.71. The highest BCUT2D eigenvalue weighted by Gasteiger charge is 2.45. The van der Waals surface area contributed by atoms with Crippen molar-refractivity contribution < 1.29 is 9.53 Å². The van der Waals surface area contributed by atoms with E-state index in [-0.39, 0.29) is 11.4 Å². The molecule has 2 fully saturated rings. The number of rotatable bonds is 2. The lowest BCUT2D eigenvalue weighted by Crippen LogP contribution is -2.55. The molecule has 22 heavy (non-hydrogen) atoms. The maximum atomic E-state index is 12.3. The number of ether oxygens (including phenoxy) is 1. The highest BCUT2D eigenvalue weighted by Crippen LogP contribution is 2.42. The van der Waals surface area contributed by atoms with Crippen LogP contribution >= 0.6 is 0 Å². The first-order valence-electron chi connectivity index (χ1n) is 8.33. The number of hydrogen-bond acceptors (Lipinski definition) is 4. The standard InChI is InChI=1S/C16H24N4O2/c1-11-9-22-7-6-19(11)14-8-13-15(21)17-10-16(2,20(13)18-14)12-4-3-5-12/h8,11-12H,3-7,9-10H2,1-2H3,(H,17,21)/t11-,16-/m1/s1. The molecule has 1 amide bonds. The molecule has 0 radical (unpaired) electrons. The van der Waals surface area contributed by atoms with Gasteiger partial charge in [-0.3, -0.25) is 4.79 Å². The number of carbonyl (C=O) groups is 1. The number of morpholine rings is 1. The van der Waals surface area contributed by atoms with Gasteiger partial charge in [-0.2, -0.15) is 5.10 Å². The van der Waals surface area contributed by atoms with E-state index < -0.39 is 0 Å². The van der Waals surface area contributed by atoms with Gasteiger partial charge in [-0.1, -0.05) is 6.42 Å². The van der Waals surface area contributed by atoms with E-state index in [0.717, 1.165) is 19.0 Å². The van der Waals surface area contributed by atoms with Gasteiger partial charge >= 0.3 is 0 Å². The van der Waals surface area contributed by atoms with Crippen LogP contribution in [0.1, 0.15) is 43.6 Å². The van der Waals surface area contributed by atoms with Gasteiger partial charge in [0.15, 0.2) is 5.82 Å². The second kappa shape index (κ2) is 4.98. The van der Waals surface area contributed by atoms with Crippen molar-refractivity contribution in [3.8, 4) is 0 Å². The number of carbonyl (C=O) groups excluding carboxylic acids is 1. The molecule has 0 spiro atoms. The fraction of sp³-hybridized carbons (Fsp3) is 0.750. The van der Waals surface area contributed by atoms with Crippen molar-refractivity contribution in [2.45, 2.75) is 44.7 Å². The molecule has 0 unspecified atom stereocenters. The van der Waals surface area contributed by atoms with Crippen LogP contribution in [0.15, 0.2) is 6.07 Å². The van der Waals surface area contributed by atoms with Gasteiger partial charge in [0.05, 0.1) is 24.8 Å². The third-order valence-electron chi connectivity index (χ3n) is 5.67.